The van der Waals surface area contributed by atoms with Gasteiger partial charge in [0.15, 0.2) is 0 Å². The molecule has 0 aliphatic heterocycles. The fourth-order valence-electron chi connectivity index (χ4n) is 3.19. The molecule has 0 unspecified atom stereocenters. The molecule has 4 aromatic rings. The zero-order valence-electron chi connectivity index (χ0n) is 16.1. The smallest absolute Gasteiger partial charge is 0.342 e. The molecule has 0 saturated heterocycles. The molecular formula is C23H20N2O4. The van der Waals surface area contributed by atoms with Gasteiger partial charge in [-0.2, -0.15) is 0 Å². The van der Waals surface area contributed by atoms with Crippen LogP contribution in [0, 0.1) is 0 Å². The van der Waals surface area contributed by atoms with E-state index in [9.17, 15) is 4.79 Å². The van der Waals surface area contributed by atoms with Crippen LogP contribution in [0.4, 0.5) is 5.69 Å². The topological polar surface area (TPSA) is 87.6 Å². The summed E-state index contributed by atoms with van der Waals surface area (Å²) in [6.07, 6.45) is 0. The number of hydrogen-bond acceptors (Lipinski definition) is 6. The average molecular weight is 388 g/mol. The molecule has 0 atom stereocenters. The Kier molecular flexibility index (Phi) is 4.91. The number of furan rings is 1. The SMILES string of the molecule is CCOC(=O)c1c(-c2ccc(OC)cc2)nc2oc(-c3ccccc3)cc2c1N. The fraction of sp³-hybridized carbons (Fsp3) is 0.130. The Bertz CT molecular complexity index is 1170. The van der Waals surface area contributed by atoms with E-state index in [2.05, 4.69) is 4.98 Å². The molecule has 29 heavy (non-hydrogen) atoms. The number of esters is 1. The van der Waals surface area contributed by atoms with Gasteiger partial charge < -0.3 is 19.6 Å². The third-order valence-corrected chi connectivity index (χ3v) is 4.62. The maximum Gasteiger partial charge on any atom is 0.342 e. The van der Waals surface area contributed by atoms with Gasteiger partial charge in [0.2, 0.25) is 5.71 Å². The van der Waals surface area contributed by atoms with Gasteiger partial charge in [-0.05, 0) is 37.3 Å². The molecule has 0 bridgehead atoms. The minimum atomic E-state index is -0.521. The molecule has 2 heterocycles. The quantitative estimate of drug-likeness (QED) is 0.488. The van der Waals surface area contributed by atoms with Crippen molar-refractivity contribution in [2.75, 3.05) is 19.5 Å². The van der Waals surface area contributed by atoms with Crippen LogP contribution in [0.25, 0.3) is 33.7 Å². The Hall–Kier alpha value is -3.80. The molecule has 2 aromatic carbocycles. The first-order valence-corrected chi connectivity index (χ1v) is 9.22. The van der Waals surface area contributed by atoms with Crippen molar-refractivity contribution < 1.29 is 18.7 Å². The van der Waals surface area contributed by atoms with Gasteiger partial charge in [-0.3, -0.25) is 0 Å². The molecule has 6 nitrogen and oxygen atoms in total. The van der Waals surface area contributed by atoms with Crippen LogP contribution in [0.2, 0.25) is 0 Å². The predicted molar refractivity (Wildman–Crippen MR) is 112 cm³/mol. The van der Waals surface area contributed by atoms with Gasteiger partial charge in [0.1, 0.15) is 17.1 Å². The van der Waals surface area contributed by atoms with Crippen LogP contribution in [0.3, 0.4) is 0 Å². The Morgan fingerprint density at radius 1 is 1.07 bits per heavy atom. The monoisotopic (exact) mass is 388 g/mol. The van der Waals surface area contributed by atoms with Crippen LogP contribution in [-0.4, -0.2) is 24.7 Å². The molecule has 0 amide bonds. The number of carbonyl (C=O) groups is 1. The first-order valence-electron chi connectivity index (χ1n) is 9.22. The maximum atomic E-state index is 12.7. The summed E-state index contributed by atoms with van der Waals surface area (Å²) in [5, 5.41) is 0.573. The van der Waals surface area contributed by atoms with Crippen molar-refractivity contribution in [3.05, 3.63) is 66.2 Å². The van der Waals surface area contributed by atoms with Crippen molar-refractivity contribution in [3.8, 4) is 28.3 Å². The molecule has 146 valence electrons. The third-order valence-electron chi connectivity index (χ3n) is 4.62. The van der Waals surface area contributed by atoms with Crippen LogP contribution in [0.1, 0.15) is 17.3 Å². The number of rotatable bonds is 5. The van der Waals surface area contributed by atoms with E-state index in [0.717, 1.165) is 5.56 Å². The van der Waals surface area contributed by atoms with Crippen molar-refractivity contribution in [1.82, 2.24) is 4.98 Å². The second-order valence-corrected chi connectivity index (χ2v) is 6.39. The van der Waals surface area contributed by atoms with Crippen LogP contribution in [0.5, 0.6) is 5.75 Å². The molecule has 2 aromatic heterocycles. The van der Waals surface area contributed by atoms with Gasteiger partial charge in [-0.1, -0.05) is 30.3 Å². The normalized spacial score (nSPS) is 10.8. The number of benzene rings is 2. The van der Waals surface area contributed by atoms with Gasteiger partial charge in [0.25, 0.3) is 0 Å². The lowest BCUT2D eigenvalue weighted by Crippen LogP contribution is -2.11. The summed E-state index contributed by atoms with van der Waals surface area (Å²) in [6.45, 7) is 1.98. The standard InChI is InChI=1S/C23H20N2O4/c1-3-28-23(26)19-20(24)17-13-18(14-7-5-4-6-8-14)29-22(17)25-21(19)15-9-11-16(27-2)12-10-15/h4-13H,3H2,1-2H3,(H2,24,25). The average Bonchev–Trinajstić information content (AvgIpc) is 3.19. The van der Waals surface area contributed by atoms with E-state index >= 15 is 0 Å². The lowest BCUT2D eigenvalue weighted by molar-refractivity contribution is 0.0528. The number of methoxy groups -OCH3 is 1. The Balaban J connectivity index is 1.94. The number of nitrogens with zero attached hydrogens (tertiary/aromatic N) is 1. The van der Waals surface area contributed by atoms with E-state index in [1.165, 1.54) is 0 Å². The van der Waals surface area contributed by atoms with E-state index in [1.807, 2.05) is 42.5 Å². The number of nitrogens with two attached hydrogens (primary N) is 1. The summed E-state index contributed by atoms with van der Waals surface area (Å²) in [5.41, 5.74) is 9.29. The van der Waals surface area contributed by atoms with E-state index < -0.39 is 5.97 Å². The lowest BCUT2D eigenvalue weighted by atomic mass is 10.0. The van der Waals surface area contributed by atoms with Crippen molar-refractivity contribution in [1.29, 1.82) is 0 Å². The number of ether oxygens (including phenoxy) is 2. The summed E-state index contributed by atoms with van der Waals surface area (Å²) < 4.78 is 16.4. The number of anilines is 1. The Morgan fingerprint density at radius 3 is 2.45 bits per heavy atom. The molecule has 2 N–H and O–H groups in total. The second kappa shape index (κ2) is 7.67. The van der Waals surface area contributed by atoms with Crippen molar-refractivity contribution >= 4 is 22.8 Å². The van der Waals surface area contributed by atoms with E-state index in [1.54, 1.807) is 32.2 Å². The van der Waals surface area contributed by atoms with Crippen LogP contribution in [-0.2, 0) is 4.74 Å². The third kappa shape index (κ3) is 3.40. The molecule has 0 aliphatic rings. The molecule has 0 aliphatic carbocycles. The molecular weight excluding hydrogens is 368 g/mol. The minimum Gasteiger partial charge on any atom is -0.497 e. The van der Waals surface area contributed by atoms with Crippen LogP contribution >= 0.6 is 0 Å². The van der Waals surface area contributed by atoms with E-state index in [0.29, 0.717) is 33.9 Å². The number of nitrogen functional groups attached to an aromatic ring is 1. The van der Waals surface area contributed by atoms with Crippen LogP contribution in [0.15, 0.2) is 65.1 Å². The second-order valence-electron chi connectivity index (χ2n) is 6.39. The van der Waals surface area contributed by atoms with Crippen molar-refractivity contribution in [3.63, 3.8) is 0 Å². The number of pyridine rings is 1. The zero-order chi connectivity index (χ0) is 20.4. The van der Waals surface area contributed by atoms with Gasteiger partial charge in [0.05, 0.1) is 30.5 Å². The maximum absolute atomic E-state index is 12.7. The molecule has 0 saturated carbocycles. The minimum absolute atomic E-state index is 0.227. The zero-order valence-corrected chi connectivity index (χ0v) is 16.1. The Labute approximate surface area is 167 Å². The lowest BCUT2D eigenvalue weighted by Gasteiger charge is -2.12. The van der Waals surface area contributed by atoms with Gasteiger partial charge in [0, 0.05) is 11.1 Å². The van der Waals surface area contributed by atoms with E-state index in [4.69, 9.17) is 19.6 Å². The highest BCUT2D eigenvalue weighted by atomic mass is 16.5. The van der Waals surface area contributed by atoms with Crippen molar-refractivity contribution in [2.24, 2.45) is 0 Å². The molecule has 0 fully saturated rings. The highest BCUT2D eigenvalue weighted by Crippen LogP contribution is 2.37. The Morgan fingerprint density at radius 2 is 1.79 bits per heavy atom. The first kappa shape index (κ1) is 18.6. The van der Waals surface area contributed by atoms with Crippen LogP contribution < -0.4 is 10.5 Å². The first-order chi connectivity index (χ1) is 14.1. The largest absolute Gasteiger partial charge is 0.497 e. The van der Waals surface area contributed by atoms with Gasteiger partial charge in [-0.25, -0.2) is 9.78 Å². The number of aromatic nitrogens is 1. The fourth-order valence-corrected chi connectivity index (χ4v) is 3.19. The summed E-state index contributed by atoms with van der Waals surface area (Å²) >= 11 is 0. The van der Waals surface area contributed by atoms with Crippen molar-refractivity contribution in [2.45, 2.75) is 6.92 Å². The van der Waals surface area contributed by atoms with E-state index in [-0.39, 0.29) is 17.9 Å². The van der Waals surface area contributed by atoms with Gasteiger partial charge >= 0.3 is 5.97 Å². The highest BCUT2D eigenvalue weighted by molar-refractivity contribution is 6.09. The predicted octanol–water partition coefficient (Wildman–Crippen LogP) is 4.93. The number of fused-ring (bicyclic) bond motifs is 1. The molecule has 4 rings (SSSR count). The summed E-state index contributed by atoms with van der Waals surface area (Å²) in [4.78, 5) is 17.3. The number of hydrogen-bond donors (Lipinski definition) is 1. The molecule has 0 radical (unpaired) electrons. The molecule has 0 spiro atoms. The highest BCUT2D eigenvalue weighted by Gasteiger charge is 2.24. The summed E-state index contributed by atoms with van der Waals surface area (Å²) in [6, 6.07) is 18.7. The summed E-state index contributed by atoms with van der Waals surface area (Å²) in [7, 11) is 1.59. The molecule has 6 heteroatoms. The number of carbonyl (C=O) groups excluding carboxylic acids is 1. The summed E-state index contributed by atoms with van der Waals surface area (Å²) in [5.74, 6) is 0.805. The van der Waals surface area contributed by atoms with Gasteiger partial charge in [-0.15, -0.1) is 0 Å².